The molecule has 0 saturated carbocycles. The standard InChI is InChI=1S/C5H5NO3.Na/c7-5(8)3-4-6-1-2-9-4;/h1-2H,3H2,(H,7,8);/q;+1/p-1. The molecule has 4 nitrogen and oxygen atoms in total. The Morgan fingerprint density at radius 2 is 2.50 bits per heavy atom. The molecular formula is C5H4NNaO3. The summed E-state index contributed by atoms with van der Waals surface area (Å²) in [4.78, 5) is 13.4. The summed E-state index contributed by atoms with van der Waals surface area (Å²) in [6.45, 7) is 0. The number of nitrogens with zero attached hydrogens (tertiary/aromatic N) is 1. The maximum atomic E-state index is 9.86. The van der Waals surface area contributed by atoms with Crippen LogP contribution in [0.4, 0.5) is 0 Å². The van der Waals surface area contributed by atoms with E-state index in [0.717, 1.165) is 0 Å². The van der Waals surface area contributed by atoms with Gasteiger partial charge in [0, 0.05) is 0 Å². The largest absolute Gasteiger partial charge is 1.00 e. The zero-order valence-corrected chi connectivity index (χ0v) is 7.53. The van der Waals surface area contributed by atoms with Gasteiger partial charge in [-0.25, -0.2) is 4.98 Å². The second-order valence-corrected chi connectivity index (χ2v) is 1.47. The van der Waals surface area contributed by atoms with Gasteiger partial charge in [-0.15, -0.1) is 0 Å². The summed E-state index contributed by atoms with van der Waals surface area (Å²) in [7, 11) is 0. The fourth-order valence-corrected chi connectivity index (χ4v) is 0.464. The molecule has 1 aromatic heterocycles. The summed E-state index contributed by atoms with van der Waals surface area (Å²) in [5, 5.41) is 9.86. The Balaban J connectivity index is 0.000000810. The molecule has 1 heterocycles. The van der Waals surface area contributed by atoms with Gasteiger partial charge in [-0.2, -0.15) is 0 Å². The molecule has 0 aromatic carbocycles. The number of oxazole rings is 1. The van der Waals surface area contributed by atoms with E-state index >= 15 is 0 Å². The molecule has 0 bridgehead atoms. The normalized spacial score (nSPS) is 8.40. The summed E-state index contributed by atoms with van der Waals surface area (Å²) < 4.78 is 4.61. The summed E-state index contributed by atoms with van der Waals surface area (Å²) in [5.41, 5.74) is 0. The minimum absolute atomic E-state index is 0. The zero-order valence-electron chi connectivity index (χ0n) is 5.53. The van der Waals surface area contributed by atoms with Crippen LogP contribution in [0.1, 0.15) is 5.89 Å². The summed E-state index contributed by atoms with van der Waals surface area (Å²) >= 11 is 0. The second-order valence-electron chi connectivity index (χ2n) is 1.47. The number of carboxylic acids is 1. The number of rotatable bonds is 2. The van der Waals surface area contributed by atoms with Gasteiger partial charge in [-0.1, -0.05) is 0 Å². The van der Waals surface area contributed by atoms with Crippen LogP contribution in [0.25, 0.3) is 0 Å². The van der Waals surface area contributed by atoms with Gasteiger partial charge in [0.1, 0.15) is 6.26 Å². The molecule has 0 N–H and O–H groups in total. The molecule has 0 aliphatic rings. The van der Waals surface area contributed by atoms with Crippen LogP contribution >= 0.6 is 0 Å². The molecule has 1 aromatic rings. The first-order valence-corrected chi connectivity index (χ1v) is 2.37. The molecule has 0 aliphatic heterocycles. The minimum Gasteiger partial charge on any atom is -0.550 e. The number of hydrogen-bond acceptors (Lipinski definition) is 4. The van der Waals surface area contributed by atoms with Gasteiger partial charge in [0.2, 0.25) is 0 Å². The summed E-state index contributed by atoms with van der Waals surface area (Å²) in [6.07, 6.45) is 2.45. The van der Waals surface area contributed by atoms with Crippen LogP contribution in [0.5, 0.6) is 0 Å². The van der Waals surface area contributed by atoms with E-state index in [1.165, 1.54) is 12.5 Å². The van der Waals surface area contributed by atoms with Gasteiger partial charge in [-0.3, -0.25) is 0 Å². The molecule has 0 fully saturated rings. The van der Waals surface area contributed by atoms with Gasteiger partial charge < -0.3 is 14.3 Å². The third-order valence-corrected chi connectivity index (χ3v) is 0.779. The number of aromatic nitrogens is 1. The van der Waals surface area contributed by atoms with Crippen molar-refractivity contribution >= 4 is 5.97 Å². The maximum absolute atomic E-state index is 9.86. The molecule has 0 amide bonds. The van der Waals surface area contributed by atoms with Crippen LogP contribution in [0.15, 0.2) is 16.9 Å². The number of hydrogen-bond donors (Lipinski definition) is 0. The molecule has 48 valence electrons. The van der Waals surface area contributed by atoms with Crippen molar-refractivity contribution in [3.05, 3.63) is 18.4 Å². The SMILES string of the molecule is O=C([O-])Cc1ncco1.[Na+]. The van der Waals surface area contributed by atoms with E-state index < -0.39 is 5.97 Å². The quantitative estimate of drug-likeness (QED) is 0.401. The Morgan fingerprint density at radius 1 is 1.80 bits per heavy atom. The summed E-state index contributed by atoms with van der Waals surface area (Å²) in [5.74, 6) is -1.01. The van der Waals surface area contributed by atoms with Gasteiger partial charge in [0.25, 0.3) is 0 Å². The van der Waals surface area contributed by atoms with Crippen LogP contribution in [0.3, 0.4) is 0 Å². The van der Waals surface area contributed by atoms with Crippen molar-refractivity contribution in [1.82, 2.24) is 4.98 Å². The Kier molecular flexibility index (Phi) is 4.34. The molecule has 5 heteroatoms. The van der Waals surface area contributed by atoms with E-state index in [1.807, 2.05) is 0 Å². The summed E-state index contributed by atoms with van der Waals surface area (Å²) in [6, 6.07) is 0. The van der Waals surface area contributed by atoms with Crippen LogP contribution in [0.2, 0.25) is 0 Å². The van der Waals surface area contributed by atoms with E-state index in [0.29, 0.717) is 0 Å². The van der Waals surface area contributed by atoms with Crippen molar-refractivity contribution in [3.63, 3.8) is 0 Å². The van der Waals surface area contributed by atoms with Crippen molar-refractivity contribution < 1.29 is 43.9 Å². The molecule has 0 saturated heterocycles. The van der Waals surface area contributed by atoms with E-state index in [1.54, 1.807) is 0 Å². The third-order valence-electron chi connectivity index (χ3n) is 0.779. The minimum atomic E-state index is -1.18. The Morgan fingerprint density at radius 3 is 2.90 bits per heavy atom. The average Bonchev–Trinajstić information content (AvgIpc) is 2.15. The second kappa shape index (κ2) is 4.49. The van der Waals surface area contributed by atoms with Crippen molar-refractivity contribution in [2.45, 2.75) is 6.42 Å². The topological polar surface area (TPSA) is 66.2 Å². The fourth-order valence-electron chi connectivity index (χ4n) is 0.464. The molecule has 0 radical (unpaired) electrons. The van der Waals surface area contributed by atoms with E-state index in [2.05, 4.69) is 9.40 Å². The van der Waals surface area contributed by atoms with E-state index in [-0.39, 0.29) is 41.9 Å². The van der Waals surface area contributed by atoms with Gasteiger partial charge in [0.05, 0.1) is 18.6 Å². The monoisotopic (exact) mass is 149 g/mol. The first-order chi connectivity index (χ1) is 4.29. The van der Waals surface area contributed by atoms with E-state index in [4.69, 9.17) is 0 Å². The number of carbonyl (C=O) groups excluding carboxylic acids is 1. The first kappa shape index (κ1) is 9.68. The zero-order chi connectivity index (χ0) is 6.69. The number of carbonyl (C=O) groups is 1. The maximum Gasteiger partial charge on any atom is 1.00 e. The third kappa shape index (κ3) is 3.00. The molecule has 0 unspecified atom stereocenters. The molecule has 0 aliphatic carbocycles. The van der Waals surface area contributed by atoms with Crippen molar-refractivity contribution in [3.8, 4) is 0 Å². The van der Waals surface area contributed by atoms with Crippen LogP contribution in [-0.2, 0) is 11.2 Å². The van der Waals surface area contributed by atoms with Gasteiger partial charge in [-0.05, 0) is 0 Å². The Bertz CT molecular complexity index is 197. The molecule has 0 atom stereocenters. The molecule has 0 spiro atoms. The Labute approximate surface area is 79.5 Å². The first-order valence-electron chi connectivity index (χ1n) is 2.37. The van der Waals surface area contributed by atoms with E-state index in [9.17, 15) is 9.90 Å². The smallest absolute Gasteiger partial charge is 0.550 e. The van der Waals surface area contributed by atoms with Crippen LogP contribution < -0.4 is 34.7 Å². The fraction of sp³-hybridized carbons (Fsp3) is 0.200. The van der Waals surface area contributed by atoms with Gasteiger partial charge in [0.15, 0.2) is 5.89 Å². The molecule has 10 heavy (non-hydrogen) atoms. The van der Waals surface area contributed by atoms with Crippen LogP contribution in [0, 0.1) is 0 Å². The molecule has 1 rings (SSSR count). The van der Waals surface area contributed by atoms with Crippen molar-refractivity contribution in [1.29, 1.82) is 0 Å². The van der Waals surface area contributed by atoms with Gasteiger partial charge >= 0.3 is 29.6 Å². The predicted octanol–water partition coefficient (Wildman–Crippen LogP) is -4.03. The molecular weight excluding hydrogens is 145 g/mol. The number of carboxylic acid groups (broad SMARTS) is 1. The van der Waals surface area contributed by atoms with Crippen molar-refractivity contribution in [2.24, 2.45) is 0 Å². The Hall–Kier alpha value is -0.320. The predicted molar refractivity (Wildman–Crippen MR) is 25.2 cm³/mol. The average molecular weight is 149 g/mol. The van der Waals surface area contributed by atoms with Crippen LogP contribution in [-0.4, -0.2) is 11.0 Å². The van der Waals surface area contributed by atoms with Crippen molar-refractivity contribution in [2.75, 3.05) is 0 Å². The number of aliphatic carboxylic acids is 1.